The smallest absolute Gasteiger partial charge is 0.188 e. The Morgan fingerprint density at radius 3 is 2.82 bits per heavy atom. The quantitative estimate of drug-likeness (QED) is 0.751. The number of piperidine rings is 1. The molecule has 0 unspecified atom stereocenters. The molecule has 0 amide bonds. The standard InChI is InChI=1S/C20H27N5O3/c1-26-14-27-18-5-3-2-4-15(18)16-12-17(19(21)24-23-16)25-9-6-20(7-10-25)13-22-8-11-28-20/h2-5,12,22H,6-11,13-14H2,1H3,(H2,21,24). The van der Waals surface area contributed by atoms with Crippen LogP contribution in [0.25, 0.3) is 11.3 Å². The monoisotopic (exact) mass is 385 g/mol. The van der Waals surface area contributed by atoms with Crippen LogP contribution in [0.2, 0.25) is 0 Å². The van der Waals surface area contributed by atoms with Crippen molar-refractivity contribution in [1.82, 2.24) is 15.5 Å². The van der Waals surface area contributed by atoms with Crippen molar-refractivity contribution in [3.05, 3.63) is 30.3 Å². The molecule has 2 aliphatic rings. The van der Waals surface area contributed by atoms with Gasteiger partial charge in [-0.15, -0.1) is 10.2 Å². The molecule has 3 N–H and O–H groups in total. The van der Waals surface area contributed by atoms with E-state index in [0.29, 0.717) is 11.6 Å². The Labute approximate surface area is 165 Å². The fourth-order valence-electron chi connectivity index (χ4n) is 3.89. The predicted molar refractivity (Wildman–Crippen MR) is 107 cm³/mol. The van der Waals surface area contributed by atoms with Crippen LogP contribution in [0.15, 0.2) is 30.3 Å². The van der Waals surface area contributed by atoms with Crippen LogP contribution in [0.4, 0.5) is 11.5 Å². The molecule has 0 bridgehead atoms. The fraction of sp³-hybridized carbons (Fsp3) is 0.500. The van der Waals surface area contributed by atoms with E-state index in [1.807, 2.05) is 30.3 Å². The van der Waals surface area contributed by atoms with Crippen LogP contribution in [0.5, 0.6) is 5.75 Å². The molecule has 4 rings (SSSR count). The number of nitrogens with one attached hydrogen (secondary N) is 1. The van der Waals surface area contributed by atoms with Gasteiger partial charge in [-0.1, -0.05) is 12.1 Å². The lowest BCUT2D eigenvalue weighted by molar-refractivity contribution is -0.0799. The van der Waals surface area contributed by atoms with Crippen LogP contribution >= 0.6 is 0 Å². The largest absolute Gasteiger partial charge is 0.467 e. The number of ether oxygens (including phenoxy) is 3. The second-order valence-electron chi connectivity index (χ2n) is 7.24. The van der Waals surface area contributed by atoms with Gasteiger partial charge in [0.1, 0.15) is 5.75 Å². The molecule has 2 aromatic rings. The first-order valence-electron chi connectivity index (χ1n) is 9.65. The van der Waals surface area contributed by atoms with E-state index in [-0.39, 0.29) is 12.4 Å². The minimum atomic E-state index is -0.0482. The predicted octanol–water partition coefficient (Wildman–Crippen LogP) is 1.67. The molecule has 1 aromatic heterocycles. The summed E-state index contributed by atoms with van der Waals surface area (Å²) in [6, 6.07) is 9.72. The zero-order chi connectivity index (χ0) is 19.4. The molecule has 0 radical (unpaired) electrons. The van der Waals surface area contributed by atoms with Gasteiger partial charge < -0.3 is 30.2 Å². The van der Waals surface area contributed by atoms with Crippen LogP contribution in [0.3, 0.4) is 0 Å². The molecule has 3 heterocycles. The lowest BCUT2D eigenvalue weighted by Crippen LogP contribution is -2.55. The number of nitrogen functional groups attached to an aromatic ring is 1. The Hall–Kier alpha value is -2.42. The van der Waals surface area contributed by atoms with Crippen LogP contribution in [0.1, 0.15) is 12.8 Å². The van der Waals surface area contributed by atoms with Crippen molar-refractivity contribution in [2.45, 2.75) is 18.4 Å². The molecule has 1 spiro atoms. The molecule has 2 saturated heterocycles. The summed E-state index contributed by atoms with van der Waals surface area (Å²) in [6.45, 7) is 4.55. The van der Waals surface area contributed by atoms with E-state index in [1.165, 1.54) is 0 Å². The molecule has 0 atom stereocenters. The normalized spacial score (nSPS) is 19.0. The van der Waals surface area contributed by atoms with Crippen molar-refractivity contribution in [3.8, 4) is 17.0 Å². The van der Waals surface area contributed by atoms with Gasteiger partial charge in [-0.2, -0.15) is 0 Å². The average molecular weight is 385 g/mol. The van der Waals surface area contributed by atoms with Crippen LogP contribution in [-0.2, 0) is 9.47 Å². The Morgan fingerprint density at radius 1 is 1.25 bits per heavy atom. The van der Waals surface area contributed by atoms with E-state index in [1.54, 1.807) is 7.11 Å². The first kappa shape index (κ1) is 18.9. The number of morpholine rings is 1. The molecule has 2 fully saturated rings. The highest BCUT2D eigenvalue weighted by Gasteiger charge is 2.37. The summed E-state index contributed by atoms with van der Waals surface area (Å²) in [5.74, 6) is 1.14. The number of aromatic nitrogens is 2. The van der Waals surface area contributed by atoms with Crippen molar-refractivity contribution in [2.24, 2.45) is 0 Å². The molecule has 1 aromatic carbocycles. The summed E-state index contributed by atoms with van der Waals surface area (Å²) < 4.78 is 16.8. The summed E-state index contributed by atoms with van der Waals surface area (Å²) in [7, 11) is 1.60. The van der Waals surface area contributed by atoms with E-state index in [9.17, 15) is 0 Å². The maximum atomic E-state index is 6.18. The summed E-state index contributed by atoms with van der Waals surface area (Å²) in [6.07, 6.45) is 1.93. The van der Waals surface area contributed by atoms with Crippen molar-refractivity contribution in [1.29, 1.82) is 0 Å². The number of methoxy groups -OCH3 is 1. The van der Waals surface area contributed by atoms with Crippen molar-refractivity contribution >= 4 is 11.5 Å². The number of nitrogens with zero attached hydrogens (tertiary/aromatic N) is 3. The molecule has 0 saturated carbocycles. The lowest BCUT2D eigenvalue weighted by Gasteiger charge is -2.44. The summed E-state index contributed by atoms with van der Waals surface area (Å²) in [5.41, 5.74) is 8.63. The van der Waals surface area contributed by atoms with Gasteiger partial charge in [0, 0.05) is 38.9 Å². The van der Waals surface area contributed by atoms with Crippen LogP contribution in [0, 0.1) is 0 Å². The molecule has 8 heteroatoms. The van der Waals surface area contributed by atoms with Gasteiger partial charge in [0.25, 0.3) is 0 Å². The van der Waals surface area contributed by atoms with E-state index in [0.717, 1.165) is 62.6 Å². The maximum absolute atomic E-state index is 6.18. The van der Waals surface area contributed by atoms with E-state index in [2.05, 4.69) is 20.4 Å². The van der Waals surface area contributed by atoms with E-state index < -0.39 is 0 Å². The third kappa shape index (κ3) is 3.89. The molecular formula is C20H27N5O3. The molecule has 150 valence electrons. The lowest BCUT2D eigenvalue weighted by atomic mass is 9.90. The second-order valence-corrected chi connectivity index (χ2v) is 7.24. The highest BCUT2D eigenvalue weighted by molar-refractivity contribution is 5.74. The molecule has 8 nitrogen and oxygen atoms in total. The minimum Gasteiger partial charge on any atom is -0.467 e. The summed E-state index contributed by atoms with van der Waals surface area (Å²) in [4.78, 5) is 2.27. The second kappa shape index (κ2) is 8.30. The Kier molecular flexibility index (Phi) is 5.61. The highest BCUT2D eigenvalue weighted by Crippen LogP contribution is 2.35. The van der Waals surface area contributed by atoms with E-state index in [4.69, 9.17) is 19.9 Å². The Balaban J connectivity index is 1.55. The van der Waals surface area contributed by atoms with Gasteiger partial charge in [-0.3, -0.25) is 0 Å². The number of nitrogens with two attached hydrogens (primary N) is 1. The molecule has 28 heavy (non-hydrogen) atoms. The van der Waals surface area contributed by atoms with Gasteiger partial charge in [-0.25, -0.2) is 0 Å². The minimum absolute atomic E-state index is 0.0482. The topological polar surface area (TPSA) is 94.8 Å². The van der Waals surface area contributed by atoms with Crippen LogP contribution in [-0.4, -0.2) is 62.5 Å². The van der Waals surface area contributed by atoms with Crippen molar-refractivity contribution < 1.29 is 14.2 Å². The zero-order valence-electron chi connectivity index (χ0n) is 16.2. The Morgan fingerprint density at radius 2 is 2.07 bits per heavy atom. The van der Waals surface area contributed by atoms with Gasteiger partial charge in [-0.05, 0) is 31.0 Å². The number of para-hydroxylation sites is 1. The molecule has 2 aliphatic heterocycles. The first-order valence-corrected chi connectivity index (χ1v) is 9.65. The van der Waals surface area contributed by atoms with Crippen molar-refractivity contribution in [2.75, 3.05) is 57.3 Å². The maximum Gasteiger partial charge on any atom is 0.188 e. The number of anilines is 2. The average Bonchev–Trinajstić information content (AvgIpc) is 2.74. The number of hydrogen-bond donors (Lipinski definition) is 2. The van der Waals surface area contributed by atoms with Gasteiger partial charge >= 0.3 is 0 Å². The van der Waals surface area contributed by atoms with Gasteiger partial charge in [0.05, 0.1) is 23.6 Å². The first-order chi connectivity index (χ1) is 13.7. The fourth-order valence-corrected chi connectivity index (χ4v) is 3.89. The third-order valence-electron chi connectivity index (χ3n) is 5.45. The zero-order valence-corrected chi connectivity index (χ0v) is 16.2. The molecular weight excluding hydrogens is 358 g/mol. The third-order valence-corrected chi connectivity index (χ3v) is 5.45. The van der Waals surface area contributed by atoms with Crippen molar-refractivity contribution in [3.63, 3.8) is 0 Å². The number of hydrogen-bond acceptors (Lipinski definition) is 8. The summed E-state index contributed by atoms with van der Waals surface area (Å²) in [5, 5.41) is 12.0. The summed E-state index contributed by atoms with van der Waals surface area (Å²) >= 11 is 0. The number of rotatable bonds is 5. The van der Waals surface area contributed by atoms with Crippen LogP contribution < -0.4 is 20.7 Å². The number of benzene rings is 1. The SMILES string of the molecule is COCOc1ccccc1-c1cc(N2CCC3(CC2)CNCCO3)c(N)nn1. The highest BCUT2D eigenvalue weighted by atomic mass is 16.7. The van der Waals surface area contributed by atoms with E-state index >= 15 is 0 Å². The Bertz CT molecular complexity index is 800. The van der Waals surface area contributed by atoms with Gasteiger partial charge in [0.2, 0.25) is 0 Å². The molecule has 0 aliphatic carbocycles. The van der Waals surface area contributed by atoms with Gasteiger partial charge in [0.15, 0.2) is 12.6 Å².